The molecule has 0 saturated carbocycles. The molecule has 0 fully saturated rings. The number of rotatable bonds is 7. The van der Waals surface area contributed by atoms with Gasteiger partial charge in [0.1, 0.15) is 11.1 Å². The van der Waals surface area contributed by atoms with Gasteiger partial charge in [-0.05, 0) is 59.5 Å². The zero-order valence-corrected chi connectivity index (χ0v) is 23.8. The number of thiophene rings is 1. The number of benzene rings is 3. The molecule has 1 aliphatic heterocycles. The van der Waals surface area contributed by atoms with Crippen molar-refractivity contribution in [1.29, 1.82) is 5.26 Å². The van der Waals surface area contributed by atoms with Crippen LogP contribution >= 0.6 is 23.1 Å². The van der Waals surface area contributed by atoms with Gasteiger partial charge >= 0.3 is 0 Å². The van der Waals surface area contributed by atoms with E-state index in [4.69, 9.17) is 0 Å². The van der Waals surface area contributed by atoms with E-state index in [1.165, 1.54) is 23.1 Å². The SMILES string of the molecule is CCC(Sc1cccc(NC(=O)c2ccc3ccccc3c2)c1)C(=O)Nc1sc2c(c1C#N)CCN(C(C)=O)C2. The Hall–Kier alpha value is -4.13. The van der Waals surface area contributed by atoms with Crippen LogP contribution in [-0.4, -0.2) is 34.4 Å². The van der Waals surface area contributed by atoms with Crippen LogP contribution in [0.15, 0.2) is 71.6 Å². The largest absolute Gasteiger partial charge is 0.337 e. The van der Waals surface area contributed by atoms with E-state index in [0.717, 1.165) is 26.1 Å². The molecule has 0 spiro atoms. The molecule has 0 radical (unpaired) electrons. The van der Waals surface area contributed by atoms with Gasteiger partial charge in [0.15, 0.2) is 0 Å². The Morgan fingerprint density at radius 2 is 1.85 bits per heavy atom. The molecule has 1 unspecified atom stereocenters. The minimum absolute atomic E-state index is 0.00118. The lowest BCUT2D eigenvalue weighted by Gasteiger charge is -2.25. The number of nitriles is 1. The highest BCUT2D eigenvalue weighted by Gasteiger charge is 2.28. The Labute approximate surface area is 241 Å². The van der Waals surface area contributed by atoms with Crippen molar-refractivity contribution in [2.24, 2.45) is 0 Å². The van der Waals surface area contributed by atoms with Gasteiger partial charge in [-0.1, -0.05) is 43.3 Å². The summed E-state index contributed by atoms with van der Waals surface area (Å²) in [5.41, 5.74) is 2.64. The third-order valence-electron chi connectivity index (χ3n) is 6.90. The van der Waals surface area contributed by atoms with Gasteiger partial charge in [0, 0.05) is 34.5 Å². The second-order valence-corrected chi connectivity index (χ2v) is 11.9. The van der Waals surface area contributed by atoms with Crippen LogP contribution < -0.4 is 10.6 Å². The van der Waals surface area contributed by atoms with Gasteiger partial charge in [-0.2, -0.15) is 5.26 Å². The number of amides is 3. The predicted molar refractivity (Wildman–Crippen MR) is 161 cm³/mol. The topological polar surface area (TPSA) is 102 Å². The van der Waals surface area contributed by atoms with Gasteiger partial charge in [0.25, 0.3) is 5.91 Å². The molecular weight excluding hydrogens is 541 g/mol. The smallest absolute Gasteiger partial charge is 0.255 e. The number of anilines is 2. The Morgan fingerprint density at radius 1 is 1.05 bits per heavy atom. The molecule has 2 N–H and O–H groups in total. The van der Waals surface area contributed by atoms with Crippen molar-refractivity contribution in [3.63, 3.8) is 0 Å². The second kappa shape index (κ2) is 11.9. The molecule has 0 saturated heterocycles. The second-order valence-electron chi connectivity index (χ2n) is 9.56. The van der Waals surface area contributed by atoms with Crippen molar-refractivity contribution in [2.75, 3.05) is 17.2 Å². The molecule has 1 aliphatic rings. The van der Waals surface area contributed by atoms with Crippen LogP contribution in [0, 0.1) is 11.3 Å². The first-order valence-electron chi connectivity index (χ1n) is 13.0. The fraction of sp³-hybridized carbons (Fsp3) is 0.226. The fourth-order valence-electron chi connectivity index (χ4n) is 4.74. The Kier molecular flexibility index (Phi) is 8.19. The van der Waals surface area contributed by atoms with Crippen molar-refractivity contribution < 1.29 is 14.4 Å². The van der Waals surface area contributed by atoms with Gasteiger partial charge in [0.05, 0.1) is 17.4 Å². The van der Waals surface area contributed by atoms with E-state index in [1.54, 1.807) is 11.8 Å². The third-order valence-corrected chi connectivity index (χ3v) is 9.39. The lowest BCUT2D eigenvalue weighted by atomic mass is 10.0. The van der Waals surface area contributed by atoms with Crippen molar-refractivity contribution in [3.8, 4) is 6.07 Å². The highest BCUT2D eigenvalue weighted by molar-refractivity contribution is 8.00. The monoisotopic (exact) mass is 568 g/mol. The zero-order valence-electron chi connectivity index (χ0n) is 22.2. The summed E-state index contributed by atoms with van der Waals surface area (Å²) in [5.74, 6) is -0.385. The van der Waals surface area contributed by atoms with Crippen LogP contribution in [0.2, 0.25) is 0 Å². The molecule has 0 aliphatic carbocycles. The normalized spacial score (nSPS) is 13.3. The maximum Gasteiger partial charge on any atom is 0.255 e. The standard InChI is InChI=1S/C31H28N4O3S2/c1-3-27(30(38)34-31-26(17-32)25-13-14-35(19(2)36)18-28(25)40-31)39-24-10-6-9-23(16-24)33-29(37)22-12-11-20-7-4-5-8-21(20)15-22/h4-12,15-16,27H,3,13-14,18H2,1-2H3,(H,33,37)(H,34,38). The minimum atomic E-state index is -0.397. The number of carbonyl (C=O) groups excluding carboxylic acids is 3. The summed E-state index contributed by atoms with van der Waals surface area (Å²) in [6.45, 7) is 4.52. The van der Waals surface area contributed by atoms with E-state index in [0.29, 0.717) is 47.7 Å². The summed E-state index contributed by atoms with van der Waals surface area (Å²) in [4.78, 5) is 41.6. The first kappa shape index (κ1) is 27.4. The lowest BCUT2D eigenvalue weighted by molar-refractivity contribution is -0.129. The lowest BCUT2D eigenvalue weighted by Crippen LogP contribution is -2.33. The van der Waals surface area contributed by atoms with Gasteiger partial charge < -0.3 is 15.5 Å². The maximum atomic E-state index is 13.3. The van der Waals surface area contributed by atoms with Crippen LogP contribution in [0.5, 0.6) is 0 Å². The molecule has 1 atom stereocenters. The summed E-state index contributed by atoms with van der Waals surface area (Å²) in [6.07, 6.45) is 1.18. The number of thioether (sulfide) groups is 1. The molecule has 40 heavy (non-hydrogen) atoms. The van der Waals surface area contributed by atoms with E-state index in [2.05, 4.69) is 16.7 Å². The predicted octanol–water partition coefficient (Wildman–Crippen LogP) is 6.44. The first-order valence-corrected chi connectivity index (χ1v) is 14.7. The van der Waals surface area contributed by atoms with Gasteiger partial charge in [0.2, 0.25) is 11.8 Å². The quantitative estimate of drug-likeness (QED) is 0.250. The van der Waals surface area contributed by atoms with E-state index in [9.17, 15) is 19.6 Å². The molecule has 9 heteroatoms. The molecule has 7 nitrogen and oxygen atoms in total. The van der Waals surface area contributed by atoms with Crippen molar-refractivity contribution in [1.82, 2.24) is 4.90 Å². The highest BCUT2D eigenvalue weighted by atomic mass is 32.2. The number of carbonyl (C=O) groups is 3. The van der Waals surface area contributed by atoms with E-state index < -0.39 is 5.25 Å². The molecule has 5 rings (SSSR count). The number of nitrogens with one attached hydrogen (secondary N) is 2. The molecule has 4 aromatic rings. The summed E-state index contributed by atoms with van der Waals surface area (Å²) in [5, 5.41) is 18.0. The summed E-state index contributed by atoms with van der Waals surface area (Å²) in [7, 11) is 0. The average Bonchev–Trinajstić information content (AvgIpc) is 3.31. The summed E-state index contributed by atoms with van der Waals surface area (Å²) < 4.78 is 0. The van der Waals surface area contributed by atoms with Crippen LogP contribution in [0.3, 0.4) is 0 Å². The van der Waals surface area contributed by atoms with Crippen molar-refractivity contribution in [3.05, 3.63) is 88.3 Å². The first-order chi connectivity index (χ1) is 19.4. The zero-order chi connectivity index (χ0) is 28.2. The maximum absolute atomic E-state index is 13.3. The van der Waals surface area contributed by atoms with Crippen LogP contribution in [0.1, 0.15) is 46.6 Å². The molecular formula is C31H28N4O3S2. The van der Waals surface area contributed by atoms with Crippen LogP contribution in [0.4, 0.5) is 10.7 Å². The Bertz CT molecular complexity index is 1660. The van der Waals surface area contributed by atoms with Gasteiger partial charge in [-0.3, -0.25) is 14.4 Å². The number of nitrogens with zero attached hydrogens (tertiary/aromatic N) is 2. The van der Waals surface area contributed by atoms with Crippen LogP contribution in [-0.2, 0) is 22.6 Å². The average molecular weight is 569 g/mol. The van der Waals surface area contributed by atoms with Gasteiger partial charge in [-0.25, -0.2) is 0 Å². The Balaban J connectivity index is 1.27. The molecule has 0 bridgehead atoms. The molecule has 2 heterocycles. The third kappa shape index (κ3) is 5.88. The fourth-order valence-corrected chi connectivity index (χ4v) is 6.97. The summed E-state index contributed by atoms with van der Waals surface area (Å²) >= 11 is 2.79. The van der Waals surface area contributed by atoms with Crippen LogP contribution in [0.25, 0.3) is 10.8 Å². The molecule has 1 aromatic heterocycles. The van der Waals surface area contributed by atoms with Crippen molar-refractivity contribution in [2.45, 2.75) is 43.4 Å². The van der Waals surface area contributed by atoms with Gasteiger partial charge in [-0.15, -0.1) is 23.1 Å². The Morgan fingerprint density at radius 3 is 2.60 bits per heavy atom. The van der Waals surface area contributed by atoms with Crippen molar-refractivity contribution >= 4 is 62.3 Å². The molecule has 202 valence electrons. The summed E-state index contributed by atoms with van der Waals surface area (Å²) in [6, 6.07) is 23.2. The number of hydrogen-bond donors (Lipinski definition) is 2. The molecule has 3 amide bonds. The number of hydrogen-bond acceptors (Lipinski definition) is 6. The van der Waals surface area contributed by atoms with E-state index >= 15 is 0 Å². The van der Waals surface area contributed by atoms with E-state index in [1.807, 2.05) is 73.7 Å². The molecule has 3 aromatic carbocycles. The number of fused-ring (bicyclic) bond motifs is 2. The highest BCUT2D eigenvalue weighted by Crippen LogP contribution is 2.37. The minimum Gasteiger partial charge on any atom is -0.337 e. The van der Waals surface area contributed by atoms with E-state index in [-0.39, 0.29) is 17.7 Å².